The SMILES string of the molecule is CCOc1nc(Cl)nc(OCC2CCCCC2)n1. The van der Waals surface area contributed by atoms with Gasteiger partial charge in [0.05, 0.1) is 13.2 Å². The highest BCUT2D eigenvalue weighted by molar-refractivity contribution is 6.28. The minimum Gasteiger partial charge on any atom is -0.464 e. The number of hydrogen-bond acceptors (Lipinski definition) is 5. The van der Waals surface area contributed by atoms with Crippen LogP contribution in [0.5, 0.6) is 12.0 Å². The van der Waals surface area contributed by atoms with Crippen molar-refractivity contribution in [3.63, 3.8) is 0 Å². The van der Waals surface area contributed by atoms with Crippen LogP contribution < -0.4 is 9.47 Å². The van der Waals surface area contributed by atoms with Gasteiger partial charge in [0, 0.05) is 0 Å². The van der Waals surface area contributed by atoms with E-state index in [0.29, 0.717) is 19.1 Å². The summed E-state index contributed by atoms with van der Waals surface area (Å²) < 4.78 is 10.8. The molecule has 1 aliphatic rings. The predicted molar refractivity (Wildman–Crippen MR) is 68.1 cm³/mol. The summed E-state index contributed by atoms with van der Waals surface area (Å²) in [6.45, 7) is 2.99. The average molecular weight is 272 g/mol. The summed E-state index contributed by atoms with van der Waals surface area (Å²) in [6.07, 6.45) is 6.35. The Bertz CT molecular complexity index is 384. The molecule has 1 saturated carbocycles. The van der Waals surface area contributed by atoms with Crippen molar-refractivity contribution in [3.8, 4) is 12.0 Å². The van der Waals surface area contributed by atoms with Crippen molar-refractivity contribution < 1.29 is 9.47 Å². The predicted octanol–water partition coefficient (Wildman–Crippen LogP) is 2.88. The number of hydrogen-bond donors (Lipinski definition) is 0. The van der Waals surface area contributed by atoms with Gasteiger partial charge in [-0.3, -0.25) is 0 Å². The zero-order valence-electron chi connectivity index (χ0n) is 10.6. The van der Waals surface area contributed by atoms with Crippen molar-refractivity contribution in [3.05, 3.63) is 5.28 Å². The fourth-order valence-electron chi connectivity index (χ4n) is 2.12. The lowest BCUT2D eigenvalue weighted by Gasteiger charge is -2.20. The molecule has 0 aromatic carbocycles. The van der Waals surface area contributed by atoms with Crippen LogP contribution in [0, 0.1) is 5.92 Å². The van der Waals surface area contributed by atoms with Crippen molar-refractivity contribution >= 4 is 11.6 Å². The molecule has 1 aliphatic carbocycles. The molecule has 18 heavy (non-hydrogen) atoms. The van der Waals surface area contributed by atoms with E-state index in [1.165, 1.54) is 32.1 Å². The van der Waals surface area contributed by atoms with Crippen LogP contribution in [0.25, 0.3) is 0 Å². The maximum Gasteiger partial charge on any atom is 0.323 e. The van der Waals surface area contributed by atoms with E-state index in [-0.39, 0.29) is 17.3 Å². The van der Waals surface area contributed by atoms with Gasteiger partial charge in [-0.05, 0) is 37.3 Å². The van der Waals surface area contributed by atoms with Crippen molar-refractivity contribution in [2.75, 3.05) is 13.2 Å². The molecule has 0 unspecified atom stereocenters. The Morgan fingerprint density at radius 3 is 2.39 bits per heavy atom. The number of rotatable bonds is 5. The first-order chi connectivity index (χ1) is 8.78. The molecule has 0 bridgehead atoms. The summed E-state index contributed by atoms with van der Waals surface area (Å²) in [7, 11) is 0. The molecule has 0 atom stereocenters. The van der Waals surface area contributed by atoms with E-state index in [4.69, 9.17) is 21.1 Å². The van der Waals surface area contributed by atoms with Crippen molar-refractivity contribution in [1.29, 1.82) is 0 Å². The lowest BCUT2D eigenvalue weighted by molar-refractivity contribution is 0.192. The van der Waals surface area contributed by atoms with Gasteiger partial charge in [0.1, 0.15) is 0 Å². The largest absolute Gasteiger partial charge is 0.464 e. The molecule has 0 radical (unpaired) electrons. The van der Waals surface area contributed by atoms with Crippen LogP contribution in [0.2, 0.25) is 5.28 Å². The van der Waals surface area contributed by atoms with Crippen LogP contribution in [0.3, 0.4) is 0 Å². The third kappa shape index (κ3) is 3.98. The summed E-state index contributed by atoms with van der Waals surface area (Å²) in [5.74, 6) is 0.602. The molecular formula is C12H18ClN3O2. The average Bonchev–Trinajstić information content (AvgIpc) is 2.37. The van der Waals surface area contributed by atoms with Crippen LogP contribution in [0.4, 0.5) is 0 Å². The fraction of sp³-hybridized carbons (Fsp3) is 0.750. The summed E-state index contributed by atoms with van der Waals surface area (Å²) in [4.78, 5) is 11.9. The van der Waals surface area contributed by atoms with Crippen LogP contribution >= 0.6 is 11.6 Å². The summed E-state index contributed by atoms with van der Waals surface area (Å²) in [6, 6.07) is 0.472. The fourth-order valence-corrected chi connectivity index (χ4v) is 2.26. The molecule has 0 N–H and O–H groups in total. The molecule has 1 fully saturated rings. The van der Waals surface area contributed by atoms with E-state index in [1.807, 2.05) is 6.92 Å². The molecule has 0 amide bonds. The van der Waals surface area contributed by atoms with Crippen molar-refractivity contribution in [2.45, 2.75) is 39.0 Å². The van der Waals surface area contributed by atoms with Crippen LogP contribution in [0.15, 0.2) is 0 Å². The van der Waals surface area contributed by atoms with Crippen LogP contribution in [-0.2, 0) is 0 Å². The maximum atomic E-state index is 5.79. The van der Waals surface area contributed by atoms with Crippen LogP contribution in [-0.4, -0.2) is 28.2 Å². The molecule has 1 aromatic rings. The number of ether oxygens (including phenoxy) is 2. The third-order valence-electron chi connectivity index (χ3n) is 3.01. The molecule has 2 rings (SSSR count). The van der Waals surface area contributed by atoms with Gasteiger partial charge >= 0.3 is 12.0 Å². The van der Waals surface area contributed by atoms with E-state index >= 15 is 0 Å². The van der Waals surface area contributed by atoms with Gasteiger partial charge in [-0.25, -0.2) is 0 Å². The molecule has 6 heteroatoms. The smallest absolute Gasteiger partial charge is 0.323 e. The first-order valence-electron chi connectivity index (χ1n) is 6.45. The quantitative estimate of drug-likeness (QED) is 0.824. The second-order valence-electron chi connectivity index (χ2n) is 4.42. The van der Waals surface area contributed by atoms with Gasteiger partial charge in [-0.1, -0.05) is 19.3 Å². The topological polar surface area (TPSA) is 57.1 Å². The Morgan fingerprint density at radius 2 is 1.72 bits per heavy atom. The van der Waals surface area contributed by atoms with E-state index in [9.17, 15) is 0 Å². The zero-order valence-corrected chi connectivity index (χ0v) is 11.3. The highest BCUT2D eigenvalue weighted by atomic mass is 35.5. The monoisotopic (exact) mass is 271 g/mol. The highest BCUT2D eigenvalue weighted by Crippen LogP contribution is 2.24. The normalized spacial score (nSPS) is 16.6. The zero-order chi connectivity index (χ0) is 12.8. The Hall–Kier alpha value is -1.10. The first-order valence-corrected chi connectivity index (χ1v) is 6.83. The molecule has 1 aromatic heterocycles. The Labute approximate surface area is 112 Å². The summed E-state index contributed by atoms with van der Waals surface area (Å²) >= 11 is 5.79. The second kappa shape index (κ2) is 6.73. The van der Waals surface area contributed by atoms with Crippen molar-refractivity contribution in [2.24, 2.45) is 5.92 Å². The molecule has 0 aliphatic heterocycles. The van der Waals surface area contributed by atoms with E-state index < -0.39 is 0 Å². The van der Waals surface area contributed by atoms with Gasteiger partial charge in [0.15, 0.2) is 0 Å². The van der Waals surface area contributed by atoms with Gasteiger partial charge in [-0.15, -0.1) is 4.98 Å². The lowest BCUT2D eigenvalue weighted by Crippen LogP contribution is -2.16. The molecule has 1 heterocycles. The van der Waals surface area contributed by atoms with Gasteiger partial charge in [0.25, 0.3) is 0 Å². The van der Waals surface area contributed by atoms with Gasteiger partial charge in [0.2, 0.25) is 5.28 Å². The molecule has 0 spiro atoms. The number of nitrogens with zero attached hydrogens (tertiary/aromatic N) is 3. The second-order valence-corrected chi connectivity index (χ2v) is 4.76. The van der Waals surface area contributed by atoms with Gasteiger partial charge in [-0.2, -0.15) is 9.97 Å². The Morgan fingerprint density at radius 1 is 1.06 bits per heavy atom. The summed E-state index contributed by atoms with van der Waals surface area (Å²) in [5.41, 5.74) is 0. The number of aromatic nitrogens is 3. The van der Waals surface area contributed by atoms with Crippen molar-refractivity contribution in [1.82, 2.24) is 15.0 Å². The molecular weight excluding hydrogens is 254 g/mol. The molecule has 100 valence electrons. The van der Waals surface area contributed by atoms with Gasteiger partial charge < -0.3 is 9.47 Å². The first kappa shape index (κ1) is 13.3. The van der Waals surface area contributed by atoms with E-state index in [0.717, 1.165) is 0 Å². The molecule has 0 saturated heterocycles. The third-order valence-corrected chi connectivity index (χ3v) is 3.18. The molecule has 5 nitrogen and oxygen atoms in total. The number of halogens is 1. The minimum absolute atomic E-state index is 0.104. The maximum absolute atomic E-state index is 5.79. The minimum atomic E-state index is 0.104. The Kier molecular flexibility index (Phi) is 4.99. The van der Waals surface area contributed by atoms with E-state index in [1.54, 1.807) is 0 Å². The van der Waals surface area contributed by atoms with E-state index in [2.05, 4.69) is 15.0 Å². The highest BCUT2D eigenvalue weighted by Gasteiger charge is 2.15. The standard InChI is InChI=1S/C12H18ClN3O2/c1-2-17-11-14-10(13)15-12(16-11)18-8-9-6-4-3-5-7-9/h9H,2-8H2,1H3. The van der Waals surface area contributed by atoms with Crippen LogP contribution in [0.1, 0.15) is 39.0 Å². The summed E-state index contributed by atoms with van der Waals surface area (Å²) in [5, 5.41) is 0.104. The Balaban J connectivity index is 1.91. The lowest BCUT2D eigenvalue weighted by atomic mass is 9.90.